The number of carbonyl (C=O) groups is 2. The molecule has 94 valence electrons. The minimum absolute atomic E-state index is 0.345. The molecule has 1 aromatic heterocycles. The van der Waals surface area contributed by atoms with Crippen LogP contribution < -0.4 is 0 Å². The Labute approximate surface area is 109 Å². The predicted octanol–water partition coefficient (Wildman–Crippen LogP) is 2.65. The number of carboxylic acids is 1. The van der Waals surface area contributed by atoms with Crippen molar-refractivity contribution in [2.24, 2.45) is 0 Å². The van der Waals surface area contributed by atoms with Crippen molar-refractivity contribution in [3.8, 4) is 0 Å². The van der Waals surface area contributed by atoms with Gasteiger partial charge in [0.05, 0.1) is 5.02 Å². The number of aryl methyl sites for hydroxylation is 1. The minimum Gasteiger partial charge on any atom is -0.480 e. The zero-order valence-electron chi connectivity index (χ0n) is 9.86. The van der Waals surface area contributed by atoms with Gasteiger partial charge >= 0.3 is 5.97 Å². The number of carbonyl (C=O) groups excluding carboxylic acids is 1. The van der Waals surface area contributed by atoms with Crippen LogP contribution in [-0.4, -0.2) is 35.0 Å². The molecule has 0 fully saturated rings. The normalized spacial score (nSPS) is 12.2. The fraction of sp³-hybridized carbons (Fsp3) is 0.455. The van der Waals surface area contributed by atoms with Crippen molar-refractivity contribution in [2.45, 2.75) is 26.3 Å². The molecule has 0 aliphatic heterocycles. The topological polar surface area (TPSA) is 57.6 Å². The van der Waals surface area contributed by atoms with Crippen LogP contribution in [0.25, 0.3) is 0 Å². The Morgan fingerprint density at radius 1 is 1.59 bits per heavy atom. The minimum atomic E-state index is -1.01. The second-order valence-electron chi connectivity index (χ2n) is 3.74. The van der Waals surface area contributed by atoms with Gasteiger partial charge in [-0.3, -0.25) is 4.79 Å². The van der Waals surface area contributed by atoms with Crippen LogP contribution in [0.4, 0.5) is 0 Å². The average molecular weight is 276 g/mol. The quantitative estimate of drug-likeness (QED) is 0.919. The Balaban J connectivity index is 2.97. The number of carboxylic acid groups (broad SMARTS) is 1. The third-order valence-corrected chi connectivity index (χ3v) is 4.24. The van der Waals surface area contributed by atoms with E-state index in [0.29, 0.717) is 16.3 Å². The maximum Gasteiger partial charge on any atom is 0.326 e. The van der Waals surface area contributed by atoms with E-state index in [0.717, 1.165) is 5.56 Å². The molecule has 0 aliphatic carbocycles. The van der Waals surface area contributed by atoms with Crippen LogP contribution in [-0.2, 0) is 4.79 Å². The number of halogens is 1. The van der Waals surface area contributed by atoms with Crippen molar-refractivity contribution in [2.75, 3.05) is 7.05 Å². The molecule has 1 heterocycles. The van der Waals surface area contributed by atoms with Gasteiger partial charge < -0.3 is 10.0 Å². The number of hydrogen-bond acceptors (Lipinski definition) is 3. The van der Waals surface area contributed by atoms with Crippen LogP contribution in [0.3, 0.4) is 0 Å². The van der Waals surface area contributed by atoms with E-state index in [1.54, 1.807) is 12.3 Å². The molecule has 4 nitrogen and oxygen atoms in total. The second kappa shape index (κ2) is 5.51. The highest BCUT2D eigenvalue weighted by molar-refractivity contribution is 7.13. The lowest BCUT2D eigenvalue weighted by Gasteiger charge is -2.23. The number of aliphatic carboxylic acids is 1. The Morgan fingerprint density at radius 3 is 2.53 bits per heavy atom. The summed E-state index contributed by atoms with van der Waals surface area (Å²) < 4.78 is 0. The van der Waals surface area contributed by atoms with Crippen molar-refractivity contribution >= 4 is 34.8 Å². The summed E-state index contributed by atoms with van der Waals surface area (Å²) in [5.41, 5.74) is 0.830. The maximum atomic E-state index is 12.1. The zero-order valence-corrected chi connectivity index (χ0v) is 11.4. The fourth-order valence-electron chi connectivity index (χ4n) is 1.49. The molecule has 1 unspecified atom stereocenters. The molecule has 6 heteroatoms. The first-order valence-electron chi connectivity index (χ1n) is 5.13. The number of rotatable bonds is 4. The summed E-state index contributed by atoms with van der Waals surface area (Å²) in [6.07, 6.45) is 0.361. The third kappa shape index (κ3) is 2.79. The molecule has 0 spiro atoms. The molecule has 0 bridgehead atoms. The first-order chi connectivity index (χ1) is 7.90. The van der Waals surface area contributed by atoms with E-state index in [2.05, 4.69) is 0 Å². The van der Waals surface area contributed by atoms with E-state index in [-0.39, 0.29) is 5.91 Å². The first-order valence-corrected chi connectivity index (χ1v) is 6.39. The van der Waals surface area contributed by atoms with Crippen LogP contribution in [0.5, 0.6) is 0 Å². The number of amides is 1. The Bertz CT molecular complexity index is 444. The van der Waals surface area contributed by atoms with Crippen LogP contribution in [0.2, 0.25) is 5.02 Å². The molecule has 1 amide bonds. The average Bonchev–Trinajstić information content (AvgIpc) is 2.59. The largest absolute Gasteiger partial charge is 0.480 e. The molecule has 0 radical (unpaired) electrons. The smallest absolute Gasteiger partial charge is 0.326 e. The molecule has 1 rings (SSSR count). The van der Waals surface area contributed by atoms with Crippen LogP contribution >= 0.6 is 22.9 Å². The van der Waals surface area contributed by atoms with E-state index in [9.17, 15) is 9.59 Å². The van der Waals surface area contributed by atoms with Crippen LogP contribution in [0.15, 0.2) is 5.38 Å². The van der Waals surface area contributed by atoms with Crippen LogP contribution in [0, 0.1) is 6.92 Å². The van der Waals surface area contributed by atoms with Gasteiger partial charge in [0.1, 0.15) is 10.9 Å². The van der Waals surface area contributed by atoms with Gasteiger partial charge in [-0.2, -0.15) is 0 Å². The summed E-state index contributed by atoms with van der Waals surface area (Å²) in [6, 6.07) is -0.819. The summed E-state index contributed by atoms with van der Waals surface area (Å²) in [4.78, 5) is 24.7. The Kier molecular flexibility index (Phi) is 4.54. The lowest BCUT2D eigenvalue weighted by atomic mass is 10.2. The molecule has 17 heavy (non-hydrogen) atoms. The summed E-state index contributed by atoms with van der Waals surface area (Å²) in [7, 11) is 1.48. The number of thiophene rings is 1. The summed E-state index contributed by atoms with van der Waals surface area (Å²) in [5.74, 6) is -1.35. The Morgan fingerprint density at radius 2 is 2.18 bits per heavy atom. The highest BCUT2D eigenvalue weighted by Gasteiger charge is 2.27. The second-order valence-corrected chi connectivity index (χ2v) is 5.00. The molecular formula is C11H14ClNO3S. The van der Waals surface area contributed by atoms with Gasteiger partial charge in [0.2, 0.25) is 0 Å². The molecule has 0 aromatic carbocycles. The summed E-state index contributed by atoms with van der Waals surface area (Å²) >= 11 is 7.23. The standard InChI is InChI=1S/C11H14ClNO3S/c1-4-7(11(15)16)13(3)10(14)9-8(12)6(2)5-17-9/h5,7H,4H2,1-3H3,(H,15,16). The predicted molar refractivity (Wildman–Crippen MR) is 67.9 cm³/mol. The van der Waals surface area contributed by atoms with Gasteiger partial charge in [-0.15, -0.1) is 11.3 Å². The monoisotopic (exact) mass is 275 g/mol. The van der Waals surface area contributed by atoms with E-state index < -0.39 is 12.0 Å². The molecular weight excluding hydrogens is 262 g/mol. The SMILES string of the molecule is CCC(C(=O)O)N(C)C(=O)c1scc(C)c1Cl. The summed E-state index contributed by atoms with van der Waals surface area (Å²) in [5, 5.41) is 11.2. The lowest BCUT2D eigenvalue weighted by Crippen LogP contribution is -2.41. The number of hydrogen-bond donors (Lipinski definition) is 1. The molecule has 1 aromatic rings. The van der Waals surface area contributed by atoms with Gasteiger partial charge in [0.25, 0.3) is 5.91 Å². The van der Waals surface area contributed by atoms with Crippen molar-refractivity contribution in [3.63, 3.8) is 0 Å². The fourth-order valence-corrected chi connectivity index (χ4v) is 2.75. The van der Waals surface area contributed by atoms with E-state index >= 15 is 0 Å². The summed E-state index contributed by atoms with van der Waals surface area (Å²) in [6.45, 7) is 3.54. The molecule has 0 saturated carbocycles. The molecule has 0 saturated heterocycles. The first kappa shape index (κ1) is 14.0. The van der Waals surface area contributed by atoms with Crippen molar-refractivity contribution in [1.82, 2.24) is 4.90 Å². The Hall–Kier alpha value is -1.07. The van der Waals surface area contributed by atoms with Gasteiger partial charge in [0.15, 0.2) is 0 Å². The van der Waals surface area contributed by atoms with E-state index in [1.165, 1.54) is 23.3 Å². The molecule has 1 N–H and O–H groups in total. The van der Waals surface area contributed by atoms with Crippen molar-refractivity contribution in [1.29, 1.82) is 0 Å². The van der Waals surface area contributed by atoms with Crippen molar-refractivity contribution < 1.29 is 14.7 Å². The van der Waals surface area contributed by atoms with Crippen LogP contribution in [0.1, 0.15) is 28.6 Å². The highest BCUT2D eigenvalue weighted by Crippen LogP contribution is 2.28. The molecule has 1 atom stereocenters. The number of likely N-dealkylation sites (N-methyl/N-ethyl adjacent to an activating group) is 1. The lowest BCUT2D eigenvalue weighted by molar-refractivity contribution is -0.142. The third-order valence-electron chi connectivity index (χ3n) is 2.55. The van der Waals surface area contributed by atoms with Crippen molar-refractivity contribution in [3.05, 3.63) is 20.8 Å². The zero-order chi connectivity index (χ0) is 13.2. The van der Waals surface area contributed by atoms with Gasteiger partial charge in [-0.25, -0.2) is 4.79 Å². The maximum absolute atomic E-state index is 12.1. The number of nitrogens with zero attached hydrogens (tertiary/aromatic N) is 1. The van der Waals surface area contributed by atoms with E-state index in [1.807, 2.05) is 6.92 Å². The van der Waals surface area contributed by atoms with Gasteiger partial charge in [0, 0.05) is 7.05 Å². The van der Waals surface area contributed by atoms with Gasteiger partial charge in [-0.1, -0.05) is 18.5 Å². The van der Waals surface area contributed by atoms with E-state index in [4.69, 9.17) is 16.7 Å². The highest BCUT2D eigenvalue weighted by atomic mass is 35.5. The molecule has 0 aliphatic rings. The van der Waals surface area contributed by atoms with Gasteiger partial charge in [-0.05, 0) is 24.3 Å².